The van der Waals surface area contributed by atoms with E-state index in [0.717, 1.165) is 6.26 Å². The number of sulfonamides is 1. The zero-order chi connectivity index (χ0) is 18.2. The van der Waals surface area contributed by atoms with E-state index < -0.39 is 15.9 Å². The number of aromatic nitrogens is 1. The van der Waals surface area contributed by atoms with E-state index in [9.17, 15) is 18.0 Å². The van der Waals surface area contributed by atoms with E-state index in [-0.39, 0.29) is 17.9 Å². The van der Waals surface area contributed by atoms with Gasteiger partial charge in [0.15, 0.2) is 6.29 Å². The number of carbonyl (C=O) groups excluding carboxylic acids is 2. The molecule has 0 atom stereocenters. The lowest BCUT2D eigenvalue weighted by Crippen LogP contribution is -2.29. The fraction of sp³-hybridized carbons (Fsp3) is 0.200. The monoisotopic (exact) mass is 351 g/mol. The van der Waals surface area contributed by atoms with Gasteiger partial charge in [0.25, 0.3) is 5.91 Å². The number of hydrogen-bond acceptors (Lipinski definition) is 7. The van der Waals surface area contributed by atoms with Crippen molar-refractivity contribution < 1.29 is 22.7 Å². The third kappa shape index (κ3) is 6.13. The van der Waals surface area contributed by atoms with Crippen molar-refractivity contribution in [3.63, 3.8) is 0 Å². The SMILES string of the molecule is C=N/C=C(OCc1ccc(C(=O)NS(C)(=O)=O)cn1)\C(C=O)=C/C. The molecule has 1 amide bonds. The molecular weight excluding hydrogens is 334 g/mol. The average molecular weight is 351 g/mol. The van der Waals surface area contributed by atoms with Crippen molar-refractivity contribution in [2.24, 2.45) is 4.99 Å². The van der Waals surface area contributed by atoms with Gasteiger partial charge in [-0.2, -0.15) is 0 Å². The first-order chi connectivity index (χ1) is 11.3. The normalized spacial score (nSPS) is 12.4. The standard InChI is InChI=1S/C15H17N3O5S/c1-4-11(9-19)14(8-16-2)23-10-13-6-5-12(7-17-13)15(20)18-24(3,21)22/h4-9H,2,10H2,1,3H3,(H,18,20)/b11-4-,14-8+. The molecule has 1 rings (SSSR count). The van der Waals surface area contributed by atoms with Crippen molar-refractivity contribution in [1.29, 1.82) is 0 Å². The van der Waals surface area contributed by atoms with Crippen LogP contribution in [0.25, 0.3) is 0 Å². The number of rotatable bonds is 8. The highest BCUT2D eigenvalue weighted by atomic mass is 32.2. The summed E-state index contributed by atoms with van der Waals surface area (Å²) >= 11 is 0. The van der Waals surface area contributed by atoms with Crippen LogP contribution in [0.4, 0.5) is 0 Å². The van der Waals surface area contributed by atoms with E-state index in [0.29, 0.717) is 17.6 Å². The predicted molar refractivity (Wildman–Crippen MR) is 88.8 cm³/mol. The van der Waals surface area contributed by atoms with Crippen LogP contribution < -0.4 is 4.72 Å². The van der Waals surface area contributed by atoms with Gasteiger partial charge in [-0.3, -0.25) is 19.6 Å². The van der Waals surface area contributed by atoms with Gasteiger partial charge >= 0.3 is 0 Å². The van der Waals surface area contributed by atoms with Gasteiger partial charge in [0, 0.05) is 6.20 Å². The van der Waals surface area contributed by atoms with E-state index >= 15 is 0 Å². The molecule has 0 spiro atoms. The van der Waals surface area contributed by atoms with Crippen LogP contribution in [0.5, 0.6) is 0 Å². The summed E-state index contributed by atoms with van der Waals surface area (Å²) in [5.41, 5.74) is 0.878. The molecule has 1 aromatic rings. The first kappa shape index (κ1) is 19.2. The Morgan fingerprint density at radius 2 is 2.17 bits per heavy atom. The van der Waals surface area contributed by atoms with Crippen molar-refractivity contribution in [3.05, 3.63) is 53.2 Å². The number of aliphatic imine (C=N–C) groups is 1. The smallest absolute Gasteiger partial charge is 0.266 e. The summed E-state index contributed by atoms with van der Waals surface area (Å²) in [5, 5.41) is 0. The Kier molecular flexibility index (Phi) is 6.99. The van der Waals surface area contributed by atoms with Crippen LogP contribution in [-0.2, 0) is 26.2 Å². The van der Waals surface area contributed by atoms with Crippen LogP contribution in [0.3, 0.4) is 0 Å². The zero-order valence-electron chi connectivity index (χ0n) is 13.2. The molecular formula is C15H17N3O5S. The summed E-state index contributed by atoms with van der Waals surface area (Å²) in [6.07, 6.45) is 5.61. The molecule has 0 bridgehead atoms. The van der Waals surface area contributed by atoms with E-state index in [1.54, 1.807) is 13.0 Å². The Balaban J connectivity index is 2.80. The molecule has 0 fully saturated rings. The van der Waals surface area contributed by atoms with Gasteiger partial charge in [-0.25, -0.2) is 13.1 Å². The Bertz CT molecular complexity index is 780. The summed E-state index contributed by atoms with van der Waals surface area (Å²) in [7, 11) is -3.64. The number of nitrogens with one attached hydrogen (secondary N) is 1. The number of pyridine rings is 1. The average Bonchev–Trinajstić information content (AvgIpc) is 2.52. The van der Waals surface area contributed by atoms with E-state index in [1.165, 1.54) is 24.5 Å². The number of amides is 1. The Labute approximate surface area is 140 Å². The lowest BCUT2D eigenvalue weighted by molar-refractivity contribution is -0.105. The molecule has 9 heteroatoms. The number of hydrogen-bond donors (Lipinski definition) is 1. The molecule has 0 aliphatic heterocycles. The molecule has 0 saturated heterocycles. The maximum absolute atomic E-state index is 11.7. The molecule has 0 saturated carbocycles. The molecule has 0 unspecified atom stereocenters. The third-order valence-electron chi connectivity index (χ3n) is 2.67. The quantitative estimate of drug-likeness (QED) is 0.245. The molecule has 1 heterocycles. The van der Waals surface area contributed by atoms with Crippen molar-refractivity contribution >= 4 is 28.9 Å². The molecule has 0 aliphatic carbocycles. The van der Waals surface area contributed by atoms with Gasteiger partial charge in [-0.1, -0.05) is 6.08 Å². The molecule has 0 aromatic carbocycles. The number of nitrogens with zero attached hydrogens (tertiary/aromatic N) is 2. The maximum Gasteiger partial charge on any atom is 0.266 e. The maximum atomic E-state index is 11.7. The van der Waals surface area contributed by atoms with Crippen LogP contribution in [0.2, 0.25) is 0 Å². The topological polar surface area (TPSA) is 115 Å². The highest BCUT2D eigenvalue weighted by molar-refractivity contribution is 7.89. The van der Waals surface area contributed by atoms with Crippen LogP contribution in [0.15, 0.2) is 46.9 Å². The van der Waals surface area contributed by atoms with Crippen LogP contribution >= 0.6 is 0 Å². The molecule has 1 N–H and O–H groups in total. The van der Waals surface area contributed by atoms with Gasteiger partial charge in [-0.15, -0.1) is 0 Å². The van der Waals surface area contributed by atoms with E-state index in [1.807, 2.05) is 4.72 Å². The lowest BCUT2D eigenvalue weighted by atomic mass is 10.2. The minimum absolute atomic E-state index is 0.0283. The second-order valence-corrected chi connectivity index (χ2v) is 6.32. The van der Waals surface area contributed by atoms with Crippen LogP contribution in [0, 0.1) is 0 Å². The van der Waals surface area contributed by atoms with Crippen molar-refractivity contribution in [2.75, 3.05) is 6.26 Å². The largest absolute Gasteiger partial charge is 0.485 e. The molecule has 0 aliphatic rings. The highest BCUT2D eigenvalue weighted by Crippen LogP contribution is 2.12. The molecule has 128 valence electrons. The van der Waals surface area contributed by atoms with Gasteiger partial charge in [0.05, 0.1) is 29.3 Å². The van der Waals surface area contributed by atoms with Gasteiger partial charge in [0.1, 0.15) is 12.4 Å². The summed E-state index contributed by atoms with van der Waals surface area (Å²) in [5.74, 6) is -0.533. The van der Waals surface area contributed by atoms with Crippen LogP contribution in [0.1, 0.15) is 23.0 Å². The molecule has 24 heavy (non-hydrogen) atoms. The van der Waals surface area contributed by atoms with Crippen LogP contribution in [-0.4, -0.2) is 38.6 Å². The minimum Gasteiger partial charge on any atom is -0.485 e. The van der Waals surface area contributed by atoms with Crippen molar-refractivity contribution in [2.45, 2.75) is 13.5 Å². The lowest BCUT2D eigenvalue weighted by Gasteiger charge is -2.09. The second kappa shape index (κ2) is 8.73. The van der Waals surface area contributed by atoms with Gasteiger partial charge in [-0.05, 0) is 25.8 Å². The highest BCUT2D eigenvalue weighted by Gasteiger charge is 2.12. The van der Waals surface area contributed by atoms with Crippen molar-refractivity contribution in [3.8, 4) is 0 Å². The molecule has 8 nitrogen and oxygen atoms in total. The fourth-order valence-corrected chi connectivity index (χ4v) is 2.02. The molecule has 1 aromatic heterocycles. The number of ether oxygens (including phenoxy) is 1. The first-order valence-corrected chi connectivity index (χ1v) is 8.57. The summed E-state index contributed by atoms with van der Waals surface area (Å²) in [6, 6.07) is 2.92. The third-order valence-corrected chi connectivity index (χ3v) is 3.23. The van der Waals surface area contributed by atoms with E-state index in [4.69, 9.17) is 4.74 Å². The minimum atomic E-state index is -3.64. The Hall–Kier alpha value is -2.81. The zero-order valence-corrected chi connectivity index (χ0v) is 14.0. The number of allylic oxidation sites excluding steroid dienone is 2. The fourth-order valence-electron chi connectivity index (χ4n) is 1.57. The van der Waals surface area contributed by atoms with Gasteiger partial charge in [0.2, 0.25) is 10.0 Å². The number of carbonyl (C=O) groups is 2. The molecule has 0 radical (unpaired) electrons. The van der Waals surface area contributed by atoms with E-state index in [2.05, 4.69) is 16.7 Å². The second-order valence-electron chi connectivity index (χ2n) is 4.57. The number of aldehydes is 1. The summed E-state index contributed by atoms with van der Waals surface area (Å²) in [4.78, 5) is 30.2. The van der Waals surface area contributed by atoms with Gasteiger partial charge < -0.3 is 4.74 Å². The van der Waals surface area contributed by atoms with Crippen molar-refractivity contribution in [1.82, 2.24) is 9.71 Å². The summed E-state index contributed by atoms with van der Waals surface area (Å²) < 4.78 is 29.3. The Morgan fingerprint density at radius 3 is 2.62 bits per heavy atom. The summed E-state index contributed by atoms with van der Waals surface area (Å²) in [6.45, 7) is 5.01. The predicted octanol–water partition coefficient (Wildman–Crippen LogP) is 0.975. The first-order valence-electron chi connectivity index (χ1n) is 6.68. The Morgan fingerprint density at radius 1 is 1.46 bits per heavy atom.